The molecule has 0 saturated carbocycles. The molecule has 0 heterocycles. The minimum Gasteiger partial charge on any atom is -0.399 e. The molecule has 6 N–H and O–H groups in total. The van der Waals surface area contributed by atoms with Crippen LogP contribution in [0.4, 0.5) is 17.1 Å². The molecule has 0 spiro atoms. The van der Waals surface area contributed by atoms with Crippen molar-refractivity contribution in [1.29, 1.82) is 0 Å². The van der Waals surface area contributed by atoms with E-state index in [1.165, 1.54) is 6.07 Å². The molecule has 1 rings (SSSR count). The van der Waals surface area contributed by atoms with E-state index in [4.69, 9.17) is 16.0 Å². The van der Waals surface area contributed by atoms with Crippen LogP contribution in [-0.2, 0) is 11.3 Å². The second kappa shape index (κ2) is 3.42. The van der Waals surface area contributed by atoms with E-state index in [0.717, 1.165) is 0 Å². The second-order valence-electron chi connectivity index (χ2n) is 2.20. The monoisotopic (exact) mass is 187 g/mol. The lowest BCUT2D eigenvalue weighted by atomic mass is 10.2. The summed E-state index contributed by atoms with van der Waals surface area (Å²) in [5.41, 5.74) is 12.1. The van der Waals surface area contributed by atoms with Gasteiger partial charge in [-0.05, 0) is 18.2 Å². The highest BCUT2D eigenvalue weighted by molar-refractivity contribution is 7.80. The Bertz CT molecular complexity index is 316. The maximum Gasteiger partial charge on any atom is 0.259 e. The number of rotatable bonds is 2. The van der Waals surface area contributed by atoms with Gasteiger partial charge >= 0.3 is 0 Å². The van der Waals surface area contributed by atoms with E-state index in [1.54, 1.807) is 12.1 Å². The Labute approximate surface area is 72.2 Å². The third kappa shape index (κ3) is 2.11. The zero-order valence-electron chi connectivity index (χ0n) is 6.15. The first kappa shape index (κ1) is 8.82. The number of nitrogens with one attached hydrogen (secondary N) is 1. The lowest BCUT2D eigenvalue weighted by Crippen LogP contribution is -2.04. The Morgan fingerprint density at radius 1 is 1.42 bits per heavy atom. The fourth-order valence-corrected chi connectivity index (χ4v) is 1.14. The molecule has 0 aromatic heterocycles. The van der Waals surface area contributed by atoms with Crippen LogP contribution < -0.4 is 16.2 Å². The number of anilines is 3. The van der Waals surface area contributed by atoms with Gasteiger partial charge in [-0.2, -0.15) is 0 Å². The van der Waals surface area contributed by atoms with Crippen LogP contribution in [-0.4, -0.2) is 8.76 Å². The third-order valence-corrected chi connectivity index (χ3v) is 1.67. The predicted molar refractivity (Wildman–Crippen MR) is 49.7 cm³/mol. The molecular weight excluding hydrogens is 178 g/mol. The van der Waals surface area contributed by atoms with Crippen molar-refractivity contribution in [3.8, 4) is 0 Å². The molecule has 1 unspecified atom stereocenters. The number of benzene rings is 1. The number of hydrogen-bond acceptors (Lipinski definition) is 3. The van der Waals surface area contributed by atoms with Gasteiger partial charge in [0.05, 0.1) is 11.4 Å². The van der Waals surface area contributed by atoms with E-state index < -0.39 is 11.3 Å². The van der Waals surface area contributed by atoms with Gasteiger partial charge in [-0.15, -0.1) is 0 Å². The number of hydrogen-bond donors (Lipinski definition) is 4. The van der Waals surface area contributed by atoms with Gasteiger partial charge in [0.25, 0.3) is 11.3 Å². The summed E-state index contributed by atoms with van der Waals surface area (Å²) in [5, 5.41) is 0. The first-order valence-corrected chi connectivity index (χ1v) is 4.23. The summed E-state index contributed by atoms with van der Waals surface area (Å²) in [7, 11) is 0. The van der Waals surface area contributed by atoms with Gasteiger partial charge in [0.2, 0.25) is 0 Å². The molecule has 1 aromatic rings. The van der Waals surface area contributed by atoms with E-state index in [9.17, 15) is 4.21 Å². The van der Waals surface area contributed by atoms with Crippen molar-refractivity contribution in [3.05, 3.63) is 18.2 Å². The smallest absolute Gasteiger partial charge is 0.259 e. The van der Waals surface area contributed by atoms with Crippen LogP contribution >= 0.6 is 0 Å². The molecule has 0 saturated heterocycles. The molecule has 66 valence electrons. The van der Waals surface area contributed by atoms with Gasteiger partial charge < -0.3 is 11.5 Å². The fourth-order valence-electron chi connectivity index (χ4n) is 0.768. The fraction of sp³-hybridized carbons (Fsp3) is 0. The SMILES string of the molecule is Nc1ccc(NS(=O)O)c(N)c1. The molecule has 0 amide bonds. The summed E-state index contributed by atoms with van der Waals surface area (Å²) in [6.07, 6.45) is 0. The van der Waals surface area contributed by atoms with E-state index in [1.807, 2.05) is 0 Å². The summed E-state index contributed by atoms with van der Waals surface area (Å²) in [6.45, 7) is 0. The highest BCUT2D eigenvalue weighted by atomic mass is 32.2. The van der Waals surface area contributed by atoms with Gasteiger partial charge in [0.15, 0.2) is 0 Å². The highest BCUT2D eigenvalue weighted by Gasteiger charge is 2.00. The summed E-state index contributed by atoms with van der Waals surface area (Å²) in [4.78, 5) is 0. The van der Waals surface area contributed by atoms with Crippen LogP contribution in [0.15, 0.2) is 18.2 Å². The molecule has 5 nitrogen and oxygen atoms in total. The first-order valence-electron chi connectivity index (χ1n) is 3.12. The number of nitrogen functional groups attached to an aromatic ring is 2. The molecule has 0 aliphatic rings. The Balaban J connectivity index is 2.93. The van der Waals surface area contributed by atoms with Gasteiger partial charge in [0.1, 0.15) is 0 Å². The Hall–Kier alpha value is -1.27. The standard InChI is InChI=1S/C6H9N3O2S/c7-4-1-2-6(5(8)3-4)9-12(10)11/h1-3,9H,7-8H2,(H,10,11). The minimum absolute atomic E-state index is 0.345. The van der Waals surface area contributed by atoms with E-state index >= 15 is 0 Å². The average Bonchev–Trinajstić information content (AvgIpc) is 1.94. The molecule has 12 heavy (non-hydrogen) atoms. The molecular formula is C6H9N3O2S. The van der Waals surface area contributed by atoms with Crippen LogP contribution in [0, 0.1) is 0 Å². The molecule has 0 fully saturated rings. The van der Waals surface area contributed by atoms with Crippen molar-refractivity contribution in [2.45, 2.75) is 0 Å². The van der Waals surface area contributed by atoms with E-state index in [-0.39, 0.29) is 0 Å². The highest BCUT2D eigenvalue weighted by Crippen LogP contribution is 2.20. The van der Waals surface area contributed by atoms with Gasteiger partial charge in [0, 0.05) is 5.69 Å². The molecule has 0 aliphatic heterocycles. The van der Waals surface area contributed by atoms with Gasteiger partial charge in [-0.25, -0.2) is 4.21 Å². The van der Waals surface area contributed by atoms with Crippen molar-refractivity contribution in [1.82, 2.24) is 0 Å². The molecule has 0 bridgehead atoms. The van der Waals surface area contributed by atoms with Crippen molar-refractivity contribution in [2.75, 3.05) is 16.2 Å². The van der Waals surface area contributed by atoms with Crippen molar-refractivity contribution >= 4 is 28.3 Å². The van der Waals surface area contributed by atoms with E-state index in [2.05, 4.69) is 4.72 Å². The zero-order valence-corrected chi connectivity index (χ0v) is 6.97. The Morgan fingerprint density at radius 2 is 2.08 bits per heavy atom. The molecule has 0 radical (unpaired) electrons. The average molecular weight is 187 g/mol. The lowest BCUT2D eigenvalue weighted by molar-refractivity contribution is 0.570. The van der Waals surface area contributed by atoms with Crippen LogP contribution in [0.1, 0.15) is 0 Å². The number of nitrogens with two attached hydrogens (primary N) is 2. The van der Waals surface area contributed by atoms with Crippen LogP contribution in [0.2, 0.25) is 0 Å². The second-order valence-corrected chi connectivity index (χ2v) is 2.90. The van der Waals surface area contributed by atoms with Crippen LogP contribution in [0.25, 0.3) is 0 Å². The summed E-state index contributed by atoms with van der Waals surface area (Å²) in [5.74, 6) is 0. The van der Waals surface area contributed by atoms with Crippen molar-refractivity contribution in [2.24, 2.45) is 0 Å². The van der Waals surface area contributed by atoms with Crippen molar-refractivity contribution < 1.29 is 8.76 Å². The summed E-state index contributed by atoms with van der Waals surface area (Å²) < 4.78 is 21.0. The van der Waals surface area contributed by atoms with Crippen LogP contribution in [0.5, 0.6) is 0 Å². The largest absolute Gasteiger partial charge is 0.399 e. The first-order chi connectivity index (χ1) is 5.59. The van der Waals surface area contributed by atoms with Gasteiger partial charge in [-0.1, -0.05) is 0 Å². The van der Waals surface area contributed by atoms with E-state index in [0.29, 0.717) is 17.1 Å². The summed E-state index contributed by atoms with van der Waals surface area (Å²) >= 11 is -2.10. The predicted octanol–water partition coefficient (Wildman–Crippen LogP) is 0.400. The maximum absolute atomic E-state index is 10.3. The molecule has 0 aliphatic carbocycles. The lowest BCUT2D eigenvalue weighted by Gasteiger charge is -2.05. The zero-order chi connectivity index (χ0) is 9.14. The third-order valence-electron chi connectivity index (χ3n) is 1.27. The molecule has 1 atom stereocenters. The normalized spacial score (nSPS) is 12.4. The Kier molecular flexibility index (Phi) is 2.51. The van der Waals surface area contributed by atoms with Crippen LogP contribution in [0.3, 0.4) is 0 Å². The quantitative estimate of drug-likeness (QED) is 0.397. The van der Waals surface area contributed by atoms with Crippen molar-refractivity contribution in [3.63, 3.8) is 0 Å². The topological polar surface area (TPSA) is 101 Å². The van der Waals surface area contributed by atoms with Gasteiger partial charge in [-0.3, -0.25) is 9.27 Å². The minimum atomic E-state index is -2.10. The molecule has 6 heteroatoms. The Morgan fingerprint density at radius 3 is 2.58 bits per heavy atom. The molecule has 1 aromatic carbocycles. The maximum atomic E-state index is 10.3. The summed E-state index contributed by atoms with van der Waals surface area (Å²) in [6, 6.07) is 4.64.